The molecule has 1 N–H and O–H groups in total. The third-order valence-corrected chi connectivity index (χ3v) is 5.17. The summed E-state index contributed by atoms with van der Waals surface area (Å²) >= 11 is 5.54. The zero-order valence-electron chi connectivity index (χ0n) is 13.5. The summed E-state index contributed by atoms with van der Waals surface area (Å²) in [6.07, 6.45) is 2.08. The van der Waals surface area contributed by atoms with E-state index in [9.17, 15) is 9.90 Å². The van der Waals surface area contributed by atoms with Gasteiger partial charge in [-0.3, -0.25) is 0 Å². The highest BCUT2D eigenvalue weighted by atomic mass is 32.1. The van der Waals surface area contributed by atoms with E-state index < -0.39 is 17.9 Å². The quantitative estimate of drug-likeness (QED) is 0.842. The van der Waals surface area contributed by atoms with Crippen LogP contribution in [-0.2, 0) is 4.74 Å². The Balaban J connectivity index is 2.03. The fraction of sp³-hybridized carbons (Fsp3) is 0.529. The third-order valence-electron chi connectivity index (χ3n) is 4.79. The molecule has 1 heterocycles. The molecular formula is C17H22N2O3S. The van der Waals surface area contributed by atoms with Crippen molar-refractivity contribution in [2.75, 3.05) is 11.5 Å². The zero-order valence-corrected chi connectivity index (χ0v) is 14.3. The van der Waals surface area contributed by atoms with E-state index >= 15 is 0 Å². The van der Waals surface area contributed by atoms with Crippen molar-refractivity contribution in [3.8, 4) is 0 Å². The molecule has 0 bridgehead atoms. The van der Waals surface area contributed by atoms with Gasteiger partial charge < -0.3 is 14.7 Å². The Morgan fingerprint density at radius 1 is 1.35 bits per heavy atom. The van der Waals surface area contributed by atoms with Crippen LogP contribution in [0.15, 0.2) is 24.3 Å². The van der Waals surface area contributed by atoms with Crippen LogP contribution in [0.5, 0.6) is 0 Å². The van der Waals surface area contributed by atoms with Crippen LogP contribution in [0.2, 0.25) is 0 Å². The Hall–Kier alpha value is -1.66. The molecule has 1 saturated carbocycles. The van der Waals surface area contributed by atoms with Crippen LogP contribution in [-0.4, -0.2) is 39.6 Å². The molecule has 1 atom stereocenters. The molecule has 6 heteroatoms. The average Bonchev–Trinajstić information content (AvgIpc) is 3.07. The number of thiocarbonyl (C=S) groups is 1. The zero-order chi connectivity index (χ0) is 16.6. The molecule has 124 valence electrons. The van der Waals surface area contributed by atoms with Crippen molar-refractivity contribution in [1.82, 2.24) is 4.90 Å². The minimum absolute atomic E-state index is 0.252. The van der Waals surface area contributed by atoms with Gasteiger partial charge in [0.25, 0.3) is 0 Å². The summed E-state index contributed by atoms with van der Waals surface area (Å²) in [6.45, 7) is 4.02. The predicted molar refractivity (Wildman–Crippen MR) is 92.3 cm³/mol. The van der Waals surface area contributed by atoms with Gasteiger partial charge in [0.15, 0.2) is 11.3 Å². The Bertz CT molecular complexity index is 611. The number of amides is 1. The molecule has 23 heavy (non-hydrogen) atoms. The van der Waals surface area contributed by atoms with Gasteiger partial charge in [-0.15, -0.1) is 0 Å². The second-order valence-electron chi connectivity index (χ2n) is 6.21. The molecule has 1 aromatic rings. The monoisotopic (exact) mass is 334 g/mol. The van der Waals surface area contributed by atoms with Gasteiger partial charge in [0, 0.05) is 5.69 Å². The molecule has 1 aromatic carbocycles. The number of hydrogen-bond acceptors (Lipinski definition) is 4. The molecule has 1 amide bonds. The number of nitrogens with zero attached hydrogens (tertiary/aromatic N) is 2. The van der Waals surface area contributed by atoms with Gasteiger partial charge >= 0.3 is 6.09 Å². The van der Waals surface area contributed by atoms with Crippen LogP contribution < -0.4 is 4.90 Å². The molecular weight excluding hydrogens is 312 g/mol. The number of aryl methyl sites for hydroxylation is 1. The Labute approximate surface area is 141 Å². The van der Waals surface area contributed by atoms with Gasteiger partial charge in [-0.2, -0.15) is 0 Å². The molecule has 3 rings (SSSR count). The van der Waals surface area contributed by atoms with E-state index in [0.29, 0.717) is 5.11 Å². The highest BCUT2D eigenvalue weighted by molar-refractivity contribution is 7.80. The number of ether oxygens (including phenoxy) is 1. The van der Waals surface area contributed by atoms with E-state index in [-0.39, 0.29) is 6.61 Å². The summed E-state index contributed by atoms with van der Waals surface area (Å²) in [5.74, 6) is 0. The molecule has 0 radical (unpaired) electrons. The van der Waals surface area contributed by atoms with Crippen molar-refractivity contribution in [2.45, 2.75) is 51.3 Å². The lowest BCUT2D eigenvalue weighted by Crippen LogP contribution is -2.50. The number of hydrogen-bond donors (Lipinski definition) is 1. The summed E-state index contributed by atoms with van der Waals surface area (Å²) < 4.78 is 5.09. The molecule has 1 unspecified atom stereocenters. The minimum Gasteiger partial charge on any atom is -0.449 e. The van der Waals surface area contributed by atoms with Crippen molar-refractivity contribution in [3.63, 3.8) is 0 Å². The van der Waals surface area contributed by atoms with E-state index in [1.165, 1.54) is 4.90 Å². The summed E-state index contributed by atoms with van der Waals surface area (Å²) in [5.41, 5.74) is 1.52. The maximum Gasteiger partial charge on any atom is 0.418 e. The number of benzene rings is 1. The first-order valence-electron chi connectivity index (χ1n) is 8.06. The Morgan fingerprint density at radius 3 is 2.52 bits per heavy atom. The second-order valence-corrected chi connectivity index (χ2v) is 6.57. The Kier molecular flexibility index (Phi) is 4.29. The SMILES string of the molecule is CCOC(=O)N1C(=S)N(c2ccc(C)cc2)C2(CCCC2)C1O. The van der Waals surface area contributed by atoms with Gasteiger partial charge in [0.05, 0.1) is 12.1 Å². The van der Waals surface area contributed by atoms with E-state index in [0.717, 1.165) is 36.9 Å². The number of aliphatic hydroxyl groups excluding tert-OH is 1. The van der Waals surface area contributed by atoms with E-state index in [2.05, 4.69) is 0 Å². The van der Waals surface area contributed by atoms with Crippen molar-refractivity contribution >= 4 is 29.1 Å². The van der Waals surface area contributed by atoms with Crippen LogP contribution in [0, 0.1) is 6.92 Å². The molecule has 1 spiro atoms. The summed E-state index contributed by atoms with van der Waals surface area (Å²) in [5, 5.41) is 11.2. The first-order chi connectivity index (χ1) is 11.0. The van der Waals surface area contributed by atoms with Crippen LogP contribution in [0.25, 0.3) is 0 Å². The lowest BCUT2D eigenvalue weighted by Gasteiger charge is -2.36. The molecule has 1 aliphatic carbocycles. The minimum atomic E-state index is -0.974. The van der Waals surface area contributed by atoms with Gasteiger partial charge in [-0.05, 0) is 51.0 Å². The lowest BCUT2D eigenvalue weighted by molar-refractivity contribution is 0.0107. The third kappa shape index (κ3) is 2.50. The first kappa shape index (κ1) is 16.2. The maximum atomic E-state index is 12.3. The molecule has 2 fully saturated rings. The fourth-order valence-electron chi connectivity index (χ4n) is 3.66. The normalized spacial score (nSPS) is 22.9. The van der Waals surface area contributed by atoms with Gasteiger partial charge in [-0.1, -0.05) is 30.5 Å². The van der Waals surface area contributed by atoms with Crippen molar-refractivity contribution < 1.29 is 14.6 Å². The van der Waals surface area contributed by atoms with E-state index in [1.54, 1.807) is 6.92 Å². The van der Waals surface area contributed by atoms with Gasteiger partial charge in [0.1, 0.15) is 0 Å². The van der Waals surface area contributed by atoms with Gasteiger partial charge in [0.2, 0.25) is 0 Å². The van der Waals surface area contributed by atoms with Crippen LogP contribution >= 0.6 is 12.2 Å². The van der Waals surface area contributed by atoms with E-state index in [1.807, 2.05) is 36.1 Å². The fourth-order valence-corrected chi connectivity index (χ4v) is 4.12. The summed E-state index contributed by atoms with van der Waals surface area (Å²) in [6, 6.07) is 8.01. The lowest BCUT2D eigenvalue weighted by atomic mass is 9.94. The topological polar surface area (TPSA) is 53.0 Å². The standard InChI is InChI=1S/C17H22N2O3S/c1-3-22-16(21)18-14(20)17(10-4-5-11-17)19(15(18)23)13-8-6-12(2)7-9-13/h6-9,14,20H,3-5,10-11H2,1-2H3. The maximum absolute atomic E-state index is 12.3. The number of aliphatic hydroxyl groups is 1. The molecule has 0 aromatic heterocycles. The van der Waals surface area contributed by atoms with E-state index in [4.69, 9.17) is 17.0 Å². The van der Waals surface area contributed by atoms with Crippen LogP contribution in [0.3, 0.4) is 0 Å². The molecule has 2 aliphatic rings. The first-order valence-corrected chi connectivity index (χ1v) is 8.47. The largest absolute Gasteiger partial charge is 0.449 e. The van der Waals surface area contributed by atoms with Crippen molar-refractivity contribution in [3.05, 3.63) is 29.8 Å². The predicted octanol–water partition coefficient (Wildman–Crippen LogP) is 3.19. The smallest absolute Gasteiger partial charge is 0.418 e. The number of anilines is 1. The van der Waals surface area contributed by atoms with Crippen LogP contribution in [0.4, 0.5) is 10.5 Å². The summed E-state index contributed by atoms with van der Waals surface area (Å²) in [4.78, 5) is 15.4. The van der Waals surface area contributed by atoms with Crippen molar-refractivity contribution in [2.24, 2.45) is 0 Å². The average molecular weight is 334 g/mol. The summed E-state index contributed by atoms with van der Waals surface area (Å²) in [7, 11) is 0. The number of carbonyl (C=O) groups excluding carboxylic acids is 1. The highest BCUT2D eigenvalue weighted by Crippen LogP contribution is 2.46. The Morgan fingerprint density at radius 2 is 1.96 bits per heavy atom. The van der Waals surface area contributed by atoms with Crippen molar-refractivity contribution in [1.29, 1.82) is 0 Å². The molecule has 1 aliphatic heterocycles. The molecule has 1 saturated heterocycles. The number of carbonyl (C=O) groups is 1. The van der Waals surface area contributed by atoms with Crippen LogP contribution in [0.1, 0.15) is 38.2 Å². The number of rotatable bonds is 2. The molecule has 5 nitrogen and oxygen atoms in total. The highest BCUT2D eigenvalue weighted by Gasteiger charge is 2.58. The van der Waals surface area contributed by atoms with Gasteiger partial charge in [-0.25, -0.2) is 9.69 Å². The second kappa shape index (κ2) is 6.09.